The Morgan fingerprint density at radius 2 is 2.24 bits per heavy atom. The zero-order valence-corrected chi connectivity index (χ0v) is 12.2. The number of halogens is 3. The van der Waals surface area contributed by atoms with Crippen molar-refractivity contribution >= 4 is 0 Å². The summed E-state index contributed by atoms with van der Waals surface area (Å²) in [6.45, 7) is 2.77. The molecule has 0 amide bonds. The normalized spacial score (nSPS) is 25.0. The van der Waals surface area contributed by atoms with Gasteiger partial charge in [-0.1, -0.05) is 6.42 Å². The lowest BCUT2D eigenvalue weighted by Crippen LogP contribution is -2.45. The second kappa shape index (κ2) is 6.79. The molecule has 0 aliphatic heterocycles. The molecule has 1 heterocycles. The van der Waals surface area contributed by atoms with E-state index in [9.17, 15) is 13.2 Å². The molecule has 3 unspecified atom stereocenters. The number of rotatable bonds is 5. The molecule has 1 aromatic rings. The van der Waals surface area contributed by atoms with Crippen LogP contribution in [0.1, 0.15) is 38.2 Å². The SMILES string of the molecule is CCn1cc(CC(NN)C2CCCC(C(F)(F)F)C2)cn1. The number of hydrogen-bond acceptors (Lipinski definition) is 3. The number of alkyl halides is 3. The average Bonchev–Trinajstić information content (AvgIpc) is 2.91. The van der Waals surface area contributed by atoms with E-state index in [-0.39, 0.29) is 24.8 Å². The lowest BCUT2D eigenvalue weighted by atomic mass is 9.76. The van der Waals surface area contributed by atoms with Gasteiger partial charge in [0.2, 0.25) is 0 Å². The Kier molecular flexibility index (Phi) is 5.27. The molecular weight excluding hydrogens is 281 g/mol. The van der Waals surface area contributed by atoms with E-state index >= 15 is 0 Å². The van der Waals surface area contributed by atoms with E-state index in [1.165, 1.54) is 0 Å². The van der Waals surface area contributed by atoms with E-state index in [1.807, 2.05) is 17.8 Å². The minimum absolute atomic E-state index is 0.0413. The predicted octanol–water partition coefficient (Wildman–Crippen LogP) is 2.65. The smallest absolute Gasteiger partial charge is 0.273 e. The van der Waals surface area contributed by atoms with Gasteiger partial charge in [0, 0.05) is 18.8 Å². The summed E-state index contributed by atoms with van der Waals surface area (Å²) in [5.74, 6) is 4.36. The number of nitrogens with two attached hydrogens (primary N) is 1. The van der Waals surface area contributed by atoms with Crippen LogP contribution in [0, 0.1) is 11.8 Å². The Labute approximate surface area is 122 Å². The highest BCUT2D eigenvalue weighted by Crippen LogP contribution is 2.41. The minimum atomic E-state index is -4.09. The summed E-state index contributed by atoms with van der Waals surface area (Å²) in [6.07, 6.45) is 2.03. The van der Waals surface area contributed by atoms with Gasteiger partial charge in [0.05, 0.1) is 12.1 Å². The van der Waals surface area contributed by atoms with Crippen LogP contribution >= 0.6 is 0 Å². The van der Waals surface area contributed by atoms with E-state index in [4.69, 9.17) is 5.84 Å². The van der Waals surface area contributed by atoms with Crippen LogP contribution in [-0.4, -0.2) is 22.0 Å². The first-order chi connectivity index (χ1) is 9.94. The molecule has 0 bridgehead atoms. The van der Waals surface area contributed by atoms with Crippen LogP contribution in [0.15, 0.2) is 12.4 Å². The number of aryl methyl sites for hydroxylation is 1. The average molecular weight is 304 g/mol. The van der Waals surface area contributed by atoms with Crippen molar-refractivity contribution in [1.29, 1.82) is 0 Å². The maximum atomic E-state index is 12.9. The monoisotopic (exact) mass is 304 g/mol. The molecule has 0 aromatic carbocycles. The van der Waals surface area contributed by atoms with Crippen molar-refractivity contribution in [2.24, 2.45) is 17.7 Å². The van der Waals surface area contributed by atoms with Gasteiger partial charge in [0.1, 0.15) is 0 Å². The quantitative estimate of drug-likeness (QED) is 0.649. The van der Waals surface area contributed by atoms with Gasteiger partial charge in [-0.05, 0) is 44.1 Å². The fourth-order valence-electron chi connectivity index (χ4n) is 3.19. The van der Waals surface area contributed by atoms with Crippen molar-refractivity contribution < 1.29 is 13.2 Å². The summed E-state index contributed by atoms with van der Waals surface area (Å²) in [7, 11) is 0. The zero-order valence-electron chi connectivity index (χ0n) is 12.2. The van der Waals surface area contributed by atoms with Gasteiger partial charge in [0.15, 0.2) is 0 Å². The Bertz CT molecular complexity index is 444. The Balaban J connectivity index is 1.99. The minimum Gasteiger partial charge on any atom is -0.273 e. The molecule has 3 atom stereocenters. The molecule has 7 heteroatoms. The molecule has 1 aliphatic carbocycles. The summed E-state index contributed by atoms with van der Waals surface area (Å²) in [6, 6.07) is -0.135. The maximum Gasteiger partial charge on any atom is 0.391 e. The van der Waals surface area contributed by atoms with Crippen molar-refractivity contribution in [3.63, 3.8) is 0 Å². The highest BCUT2D eigenvalue weighted by atomic mass is 19.4. The van der Waals surface area contributed by atoms with Crippen molar-refractivity contribution in [2.45, 2.75) is 57.8 Å². The predicted molar refractivity (Wildman–Crippen MR) is 74.2 cm³/mol. The van der Waals surface area contributed by atoms with Crippen LogP contribution < -0.4 is 11.3 Å². The molecule has 4 nitrogen and oxygen atoms in total. The summed E-state index contributed by atoms with van der Waals surface area (Å²) in [5, 5.41) is 4.19. The molecule has 1 aromatic heterocycles. The zero-order chi connectivity index (χ0) is 15.5. The van der Waals surface area contributed by atoms with Gasteiger partial charge in [-0.15, -0.1) is 0 Å². The topological polar surface area (TPSA) is 55.9 Å². The number of nitrogens with zero attached hydrogens (tertiary/aromatic N) is 2. The fraction of sp³-hybridized carbons (Fsp3) is 0.786. The van der Waals surface area contributed by atoms with Crippen LogP contribution in [-0.2, 0) is 13.0 Å². The van der Waals surface area contributed by atoms with Crippen LogP contribution in [0.2, 0.25) is 0 Å². The van der Waals surface area contributed by atoms with Crippen LogP contribution in [0.5, 0.6) is 0 Å². The summed E-state index contributed by atoms with van der Waals surface area (Å²) < 4.78 is 40.5. The second-order valence-electron chi connectivity index (χ2n) is 5.85. The van der Waals surface area contributed by atoms with Crippen molar-refractivity contribution in [3.8, 4) is 0 Å². The van der Waals surface area contributed by atoms with Gasteiger partial charge in [-0.25, -0.2) is 0 Å². The lowest BCUT2D eigenvalue weighted by molar-refractivity contribution is -0.186. The molecule has 0 radical (unpaired) electrons. The third kappa shape index (κ3) is 4.20. The van der Waals surface area contributed by atoms with Gasteiger partial charge in [-0.3, -0.25) is 16.0 Å². The van der Waals surface area contributed by atoms with Crippen molar-refractivity contribution in [3.05, 3.63) is 18.0 Å². The van der Waals surface area contributed by atoms with E-state index in [0.29, 0.717) is 12.8 Å². The second-order valence-corrected chi connectivity index (χ2v) is 5.85. The lowest BCUT2D eigenvalue weighted by Gasteiger charge is -2.35. The molecule has 0 spiro atoms. The van der Waals surface area contributed by atoms with E-state index in [0.717, 1.165) is 18.5 Å². The third-order valence-corrected chi connectivity index (χ3v) is 4.43. The summed E-state index contributed by atoms with van der Waals surface area (Å²) in [4.78, 5) is 0. The molecule has 3 N–H and O–H groups in total. The molecule has 2 rings (SSSR count). The largest absolute Gasteiger partial charge is 0.391 e. The molecule has 1 aliphatic rings. The van der Waals surface area contributed by atoms with Gasteiger partial charge < -0.3 is 0 Å². The van der Waals surface area contributed by atoms with E-state index < -0.39 is 12.1 Å². The molecule has 1 fully saturated rings. The highest BCUT2D eigenvalue weighted by molar-refractivity contribution is 5.07. The highest BCUT2D eigenvalue weighted by Gasteiger charge is 2.43. The first-order valence-corrected chi connectivity index (χ1v) is 7.48. The van der Waals surface area contributed by atoms with Crippen LogP contribution in [0.3, 0.4) is 0 Å². The molecule has 21 heavy (non-hydrogen) atoms. The van der Waals surface area contributed by atoms with Crippen molar-refractivity contribution in [1.82, 2.24) is 15.2 Å². The van der Waals surface area contributed by atoms with Gasteiger partial charge in [0.25, 0.3) is 0 Å². The standard InChI is InChI=1S/C14H23F3N4/c1-2-21-9-10(8-19-21)6-13(20-18)11-4-3-5-12(7-11)14(15,16)17/h8-9,11-13,20H,2-7,18H2,1H3. The Morgan fingerprint density at radius 3 is 2.81 bits per heavy atom. The number of hydrogen-bond donors (Lipinski definition) is 2. The number of hydrazine groups is 1. The maximum absolute atomic E-state index is 12.9. The fourth-order valence-corrected chi connectivity index (χ4v) is 3.19. The summed E-state index contributed by atoms with van der Waals surface area (Å²) in [5.41, 5.74) is 3.72. The van der Waals surface area contributed by atoms with Crippen LogP contribution in [0.25, 0.3) is 0 Å². The van der Waals surface area contributed by atoms with Gasteiger partial charge in [-0.2, -0.15) is 18.3 Å². The summed E-state index contributed by atoms with van der Waals surface area (Å²) >= 11 is 0. The Hall–Kier alpha value is -1.08. The molecule has 1 saturated carbocycles. The Morgan fingerprint density at radius 1 is 1.48 bits per heavy atom. The number of aromatic nitrogens is 2. The third-order valence-electron chi connectivity index (χ3n) is 4.43. The molecule has 120 valence electrons. The van der Waals surface area contributed by atoms with E-state index in [1.54, 1.807) is 6.20 Å². The first kappa shape index (κ1) is 16.3. The molecule has 0 saturated heterocycles. The molecular formula is C14H23F3N4. The first-order valence-electron chi connectivity index (χ1n) is 7.48. The van der Waals surface area contributed by atoms with E-state index in [2.05, 4.69) is 10.5 Å². The number of nitrogens with one attached hydrogen (secondary N) is 1. The van der Waals surface area contributed by atoms with Crippen LogP contribution in [0.4, 0.5) is 13.2 Å². The van der Waals surface area contributed by atoms with Gasteiger partial charge >= 0.3 is 6.18 Å². The van der Waals surface area contributed by atoms with Crippen molar-refractivity contribution in [2.75, 3.05) is 0 Å².